The Balaban J connectivity index is 1.62. The minimum Gasteiger partial charge on any atom is -0.492 e. The fourth-order valence-corrected chi connectivity index (χ4v) is 3.60. The summed E-state index contributed by atoms with van der Waals surface area (Å²) in [5.74, 6) is 0.391. The minimum absolute atomic E-state index is 0.129. The van der Waals surface area contributed by atoms with Gasteiger partial charge in [0.15, 0.2) is 0 Å². The molecule has 0 atom stereocenters. The van der Waals surface area contributed by atoms with Crippen LogP contribution in [0.2, 0.25) is 0 Å². The lowest BCUT2D eigenvalue weighted by Gasteiger charge is -2.30. The second kappa shape index (κ2) is 5.71. The van der Waals surface area contributed by atoms with Gasteiger partial charge < -0.3 is 9.47 Å². The molecule has 0 radical (unpaired) electrons. The van der Waals surface area contributed by atoms with Crippen LogP contribution in [0.3, 0.4) is 0 Å². The molecule has 0 saturated heterocycles. The molecule has 6 heteroatoms. The van der Waals surface area contributed by atoms with E-state index in [2.05, 4.69) is 15.9 Å². The van der Waals surface area contributed by atoms with Crippen LogP contribution in [0.1, 0.15) is 31.2 Å². The van der Waals surface area contributed by atoms with Gasteiger partial charge in [-0.25, -0.2) is 0 Å². The molecule has 1 aromatic rings. The Hall–Kier alpha value is -0.910. The fraction of sp³-hybridized carbons (Fsp3) is 0.600. The van der Waals surface area contributed by atoms with Crippen LogP contribution in [-0.4, -0.2) is 18.9 Å². The summed E-state index contributed by atoms with van der Waals surface area (Å²) in [6, 6.07) is 3.77. The molecule has 1 fully saturated rings. The Morgan fingerprint density at radius 1 is 1.14 bits per heavy atom. The molecule has 21 heavy (non-hydrogen) atoms. The van der Waals surface area contributed by atoms with Crippen LogP contribution < -0.4 is 9.47 Å². The van der Waals surface area contributed by atoms with Crippen LogP contribution in [0.5, 0.6) is 11.5 Å². The van der Waals surface area contributed by atoms with E-state index in [4.69, 9.17) is 9.47 Å². The third-order valence-corrected chi connectivity index (χ3v) is 4.74. The number of fused-ring (bicyclic) bond motifs is 1. The van der Waals surface area contributed by atoms with Crippen LogP contribution >= 0.6 is 15.9 Å². The molecule has 2 aliphatic rings. The monoisotopic (exact) mass is 364 g/mol. The number of halogens is 4. The van der Waals surface area contributed by atoms with Crippen LogP contribution in [0.4, 0.5) is 13.2 Å². The third kappa shape index (κ3) is 3.30. The summed E-state index contributed by atoms with van der Waals surface area (Å²) in [5.41, 5.74) is 1.09. The molecule has 1 aliphatic carbocycles. The van der Waals surface area contributed by atoms with E-state index in [1.165, 1.54) is 0 Å². The summed E-state index contributed by atoms with van der Waals surface area (Å²) >= 11 is 3.44. The first-order valence-electron chi connectivity index (χ1n) is 7.12. The molecule has 116 valence electrons. The van der Waals surface area contributed by atoms with Gasteiger partial charge in [0.05, 0.1) is 23.1 Å². The van der Waals surface area contributed by atoms with Crippen molar-refractivity contribution in [2.45, 2.75) is 44.4 Å². The molecule has 0 bridgehead atoms. The van der Waals surface area contributed by atoms with Crippen molar-refractivity contribution >= 4 is 15.9 Å². The number of ether oxygens (including phenoxy) is 2. The van der Waals surface area contributed by atoms with Gasteiger partial charge in [-0.1, -0.05) is 0 Å². The Kier molecular flexibility index (Phi) is 4.08. The summed E-state index contributed by atoms with van der Waals surface area (Å²) in [7, 11) is 0. The van der Waals surface area contributed by atoms with Gasteiger partial charge in [0, 0.05) is 12.0 Å². The summed E-state index contributed by atoms with van der Waals surface area (Å²) < 4.78 is 50.1. The predicted molar refractivity (Wildman–Crippen MR) is 75.8 cm³/mol. The van der Waals surface area contributed by atoms with Crippen LogP contribution in [-0.2, 0) is 6.42 Å². The highest BCUT2D eigenvalue weighted by Crippen LogP contribution is 2.40. The molecular weight excluding hydrogens is 349 g/mol. The largest absolute Gasteiger partial charge is 0.492 e. The Morgan fingerprint density at radius 2 is 1.86 bits per heavy atom. The molecule has 0 spiro atoms. The number of hydrogen-bond acceptors (Lipinski definition) is 2. The van der Waals surface area contributed by atoms with Crippen molar-refractivity contribution < 1.29 is 22.6 Å². The number of benzene rings is 1. The van der Waals surface area contributed by atoms with Gasteiger partial charge in [0.2, 0.25) is 0 Å². The van der Waals surface area contributed by atoms with Crippen molar-refractivity contribution in [2.24, 2.45) is 5.92 Å². The van der Waals surface area contributed by atoms with Gasteiger partial charge in [-0.3, -0.25) is 0 Å². The summed E-state index contributed by atoms with van der Waals surface area (Å²) in [5, 5.41) is 0. The maximum atomic E-state index is 12.6. The molecule has 1 aromatic carbocycles. The Morgan fingerprint density at radius 3 is 2.52 bits per heavy atom. The van der Waals surface area contributed by atoms with Crippen LogP contribution in [0, 0.1) is 5.92 Å². The summed E-state index contributed by atoms with van der Waals surface area (Å²) in [6.07, 6.45) is -2.14. The second-order valence-electron chi connectivity index (χ2n) is 5.62. The van der Waals surface area contributed by atoms with E-state index in [1.807, 2.05) is 12.1 Å². The third-order valence-electron chi connectivity index (χ3n) is 4.15. The highest BCUT2D eigenvalue weighted by atomic mass is 79.9. The second-order valence-corrected chi connectivity index (χ2v) is 6.48. The molecule has 1 saturated carbocycles. The minimum atomic E-state index is -4.07. The van der Waals surface area contributed by atoms with E-state index in [0.717, 1.165) is 22.2 Å². The molecule has 2 nitrogen and oxygen atoms in total. The van der Waals surface area contributed by atoms with Crippen molar-refractivity contribution in [1.29, 1.82) is 0 Å². The molecule has 1 heterocycles. The van der Waals surface area contributed by atoms with E-state index < -0.39 is 12.1 Å². The number of alkyl halides is 3. The van der Waals surface area contributed by atoms with Gasteiger partial charge in [0.25, 0.3) is 0 Å². The Bertz CT molecular complexity index is 522. The van der Waals surface area contributed by atoms with Gasteiger partial charge in [-0.05, 0) is 53.7 Å². The predicted octanol–water partition coefficient (Wildman–Crippen LogP) is 4.88. The molecule has 3 rings (SSSR count). The van der Waals surface area contributed by atoms with Gasteiger partial charge in [-0.2, -0.15) is 13.2 Å². The number of hydrogen-bond donors (Lipinski definition) is 0. The van der Waals surface area contributed by atoms with E-state index in [0.29, 0.717) is 25.2 Å². The van der Waals surface area contributed by atoms with Crippen molar-refractivity contribution in [1.82, 2.24) is 0 Å². The zero-order chi connectivity index (χ0) is 15.0. The van der Waals surface area contributed by atoms with Crippen LogP contribution in [0.25, 0.3) is 0 Å². The van der Waals surface area contributed by atoms with Gasteiger partial charge in [-0.15, -0.1) is 0 Å². The van der Waals surface area contributed by atoms with Crippen molar-refractivity contribution in [3.63, 3.8) is 0 Å². The molecule has 0 amide bonds. The maximum absolute atomic E-state index is 12.6. The first kappa shape index (κ1) is 15.0. The van der Waals surface area contributed by atoms with Crippen molar-refractivity contribution in [3.05, 3.63) is 22.2 Å². The first-order chi connectivity index (χ1) is 9.93. The molecule has 1 aliphatic heterocycles. The van der Waals surface area contributed by atoms with E-state index in [1.54, 1.807) is 0 Å². The first-order valence-corrected chi connectivity index (χ1v) is 7.91. The average molecular weight is 365 g/mol. The van der Waals surface area contributed by atoms with Gasteiger partial charge >= 0.3 is 6.18 Å². The molecule has 0 N–H and O–H groups in total. The SMILES string of the molecule is FC(F)(F)[C@H]1CC[C@H](Oc2cc(Br)c3c(c2)CCO3)CC1. The average Bonchev–Trinajstić information content (AvgIpc) is 2.87. The van der Waals surface area contributed by atoms with E-state index >= 15 is 0 Å². The summed E-state index contributed by atoms with van der Waals surface area (Å²) in [6.45, 7) is 0.661. The highest BCUT2D eigenvalue weighted by Gasteiger charge is 2.41. The van der Waals surface area contributed by atoms with Crippen LogP contribution in [0.15, 0.2) is 16.6 Å². The molecule has 0 unspecified atom stereocenters. The smallest absolute Gasteiger partial charge is 0.391 e. The maximum Gasteiger partial charge on any atom is 0.391 e. The topological polar surface area (TPSA) is 18.5 Å². The summed E-state index contributed by atoms with van der Waals surface area (Å²) in [4.78, 5) is 0. The van der Waals surface area contributed by atoms with Gasteiger partial charge in [0.1, 0.15) is 11.5 Å². The quantitative estimate of drug-likeness (QED) is 0.744. The molecular formula is C15H16BrF3O2. The lowest BCUT2D eigenvalue weighted by molar-refractivity contribution is -0.185. The zero-order valence-electron chi connectivity index (χ0n) is 11.4. The highest BCUT2D eigenvalue weighted by molar-refractivity contribution is 9.10. The fourth-order valence-electron chi connectivity index (χ4n) is 3.00. The van der Waals surface area contributed by atoms with Crippen molar-refractivity contribution in [3.8, 4) is 11.5 Å². The zero-order valence-corrected chi connectivity index (χ0v) is 13.0. The Labute approximate surface area is 129 Å². The van der Waals surface area contributed by atoms with E-state index in [-0.39, 0.29) is 18.9 Å². The standard InChI is InChI=1S/C15H16BrF3O2/c16-13-8-12(7-9-5-6-20-14(9)13)21-11-3-1-10(2-4-11)15(17,18)19/h7-8,10-11H,1-6H2/t10-,11-. The normalized spacial score (nSPS) is 25.3. The lowest BCUT2D eigenvalue weighted by atomic mass is 9.87. The lowest BCUT2D eigenvalue weighted by Crippen LogP contribution is -2.31. The van der Waals surface area contributed by atoms with E-state index in [9.17, 15) is 13.2 Å². The number of rotatable bonds is 2. The van der Waals surface area contributed by atoms with Crippen molar-refractivity contribution in [2.75, 3.05) is 6.61 Å². The molecule has 0 aromatic heterocycles.